The molecule has 1 heterocycles. The number of phenolic OH excluding ortho intramolecular Hbond substituents is 1. The van der Waals surface area contributed by atoms with Crippen molar-refractivity contribution in [3.8, 4) is 17.2 Å². The minimum absolute atomic E-state index is 0.0184. The lowest BCUT2D eigenvalue weighted by Crippen LogP contribution is -2.38. The van der Waals surface area contributed by atoms with Crippen molar-refractivity contribution in [2.75, 3.05) is 5.32 Å². The number of anilines is 2. The second kappa shape index (κ2) is 10.3. The van der Waals surface area contributed by atoms with E-state index in [0.717, 1.165) is 12.8 Å². The van der Waals surface area contributed by atoms with Crippen LogP contribution >= 0.6 is 23.2 Å². The number of aromatic hydroxyl groups is 1. The van der Waals surface area contributed by atoms with Crippen LogP contribution in [0.5, 0.6) is 17.2 Å². The molecule has 1 aliphatic carbocycles. The van der Waals surface area contributed by atoms with Crippen molar-refractivity contribution in [1.29, 1.82) is 0 Å². The second-order valence-electron chi connectivity index (χ2n) is 8.07. The van der Waals surface area contributed by atoms with Crippen LogP contribution in [-0.2, 0) is 0 Å². The minimum Gasteiger partial charge on any atom is -0.507 e. The molecule has 174 valence electrons. The zero-order valence-electron chi connectivity index (χ0n) is 17.9. The lowest BCUT2D eigenvalue weighted by atomic mass is 9.84. The number of rotatable bonds is 7. The minimum atomic E-state index is -0.354. The van der Waals surface area contributed by atoms with E-state index in [4.69, 9.17) is 27.9 Å². The van der Waals surface area contributed by atoms with Crippen LogP contribution in [0.25, 0.3) is 0 Å². The van der Waals surface area contributed by atoms with Gasteiger partial charge >= 0.3 is 0 Å². The SMILES string of the molecule is CC(NC(=O)c1cc(Oc2c(Cl)cc(Nc3nn[nH]n3)cc2Cl)ccc1O)C1CCCCC1. The van der Waals surface area contributed by atoms with Gasteiger partial charge in [0, 0.05) is 11.7 Å². The third-order valence-corrected chi connectivity index (χ3v) is 6.31. The van der Waals surface area contributed by atoms with Crippen LogP contribution in [0.4, 0.5) is 11.6 Å². The van der Waals surface area contributed by atoms with Crippen LogP contribution in [0.3, 0.4) is 0 Å². The lowest BCUT2D eigenvalue weighted by molar-refractivity contribution is 0.0916. The smallest absolute Gasteiger partial charge is 0.267 e. The van der Waals surface area contributed by atoms with Crippen LogP contribution in [-0.4, -0.2) is 37.7 Å². The van der Waals surface area contributed by atoms with Gasteiger partial charge < -0.3 is 20.5 Å². The van der Waals surface area contributed by atoms with Gasteiger partial charge in [-0.05, 0) is 61.2 Å². The highest BCUT2D eigenvalue weighted by molar-refractivity contribution is 6.37. The fourth-order valence-electron chi connectivity index (χ4n) is 3.99. The molecule has 1 fully saturated rings. The number of hydrogen-bond acceptors (Lipinski definition) is 7. The summed E-state index contributed by atoms with van der Waals surface area (Å²) in [5, 5.41) is 30.1. The molecule has 0 bridgehead atoms. The number of nitrogens with one attached hydrogen (secondary N) is 3. The van der Waals surface area contributed by atoms with Gasteiger partial charge in [-0.15, -0.1) is 5.10 Å². The number of halogens is 2. The quantitative estimate of drug-likeness (QED) is 0.347. The molecule has 1 unspecified atom stereocenters. The van der Waals surface area contributed by atoms with Crippen molar-refractivity contribution < 1.29 is 14.6 Å². The van der Waals surface area contributed by atoms with Crippen molar-refractivity contribution in [2.45, 2.75) is 45.1 Å². The number of ether oxygens (including phenoxy) is 1. The summed E-state index contributed by atoms with van der Waals surface area (Å²) in [6.45, 7) is 2.01. The first-order valence-corrected chi connectivity index (χ1v) is 11.5. The number of amides is 1. The number of carbonyl (C=O) groups excluding carboxylic acids is 1. The van der Waals surface area contributed by atoms with Crippen molar-refractivity contribution in [1.82, 2.24) is 25.9 Å². The molecule has 33 heavy (non-hydrogen) atoms. The van der Waals surface area contributed by atoms with E-state index in [0.29, 0.717) is 17.4 Å². The van der Waals surface area contributed by atoms with Gasteiger partial charge in [-0.1, -0.05) is 47.6 Å². The number of nitrogens with zero attached hydrogens (tertiary/aromatic N) is 3. The predicted molar refractivity (Wildman–Crippen MR) is 126 cm³/mol. The number of H-pyrrole nitrogens is 1. The predicted octanol–water partition coefficient (Wildman–Crippen LogP) is 5.45. The number of phenols is 1. The summed E-state index contributed by atoms with van der Waals surface area (Å²) >= 11 is 12.7. The highest BCUT2D eigenvalue weighted by Crippen LogP contribution is 2.40. The first-order valence-electron chi connectivity index (χ1n) is 10.7. The third kappa shape index (κ3) is 5.66. The highest BCUT2D eigenvalue weighted by Gasteiger charge is 2.23. The average Bonchev–Trinajstić information content (AvgIpc) is 3.31. The molecule has 4 N–H and O–H groups in total. The van der Waals surface area contributed by atoms with E-state index in [1.165, 1.54) is 37.5 Å². The molecule has 2 aromatic carbocycles. The summed E-state index contributed by atoms with van der Waals surface area (Å²) in [5.74, 6) is 0.741. The molecule has 1 amide bonds. The Labute approximate surface area is 200 Å². The molecule has 0 spiro atoms. The summed E-state index contributed by atoms with van der Waals surface area (Å²) in [5.41, 5.74) is 0.666. The Hall–Kier alpha value is -3.04. The Morgan fingerprint density at radius 1 is 1.18 bits per heavy atom. The Kier molecular flexibility index (Phi) is 7.20. The van der Waals surface area contributed by atoms with Crippen molar-refractivity contribution >= 4 is 40.7 Å². The molecule has 0 aliphatic heterocycles. The number of aromatic amines is 1. The van der Waals surface area contributed by atoms with Gasteiger partial charge in [0.1, 0.15) is 11.5 Å². The number of hydrogen-bond donors (Lipinski definition) is 4. The summed E-state index contributed by atoms with van der Waals surface area (Å²) in [7, 11) is 0. The van der Waals surface area contributed by atoms with Gasteiger partial charge in [-0.2, -0.15) is 5.21 Å². The van der Waals surface area contributed by atoms with E-state index in [9.17, 15) is 9.90 Å². The molecule has 1 atom stereocenters. The third-order valence-electron chi connectivity index (χ3n) is 5.75. The molecular formula is C22H24Cl2N6O3. The van der Waals surface area contributed by atoms with Crippen molar-refractivity contribution in [3.63, 3.8) is 0 Å². The van der Waals surface area contributed by atoms with Gasteiger partial charge in [0.15, 0.2) is 5.75 Å². The summed E-state index contributed by atoms with van der Waals surface area (Å²) < 4.78 is 5.86. The largest absolute Gasteiger partial charge is 0.507 e. The molecule has 1 aromatic heterocycles. The van der Waals surface area contributed by atoms with E-state index >= 15 is 0 Å². The molecule has 11 heteroatoms. The normalized spacial score (nSPS) is 15.1. The fraction of sp³-hybridized carbons (Fsp3) is 0.364. The van der Waals surface area contributed by atoms with Crippen molar-refractivity contribution in [2.24, 2.45) is 5.92 Å². The van der Waals surface area contributed by atoms with E-state index in [2.05, 4.69) is 31.3 Å². The van der Waals surface area contributed by atoms with Crippen LogP contribution in [0.1, 0.15) is 49.4 Å². The maximum Gasteiger partial charge on any atom is 0.267 e. The molecule has 1 saturated carbocycles. The monoisotopic (exact) mass is 490 g/mol. The zero-order valence-corrected chi connectivity index (χ0v) is 19.5. The Morgan fingerprint density at radius 2 is 1.91 bits per heavy atom. The van der Waals surface area contributed by atoms with Gasteiger partial charge in [-0.3, -0.25) is 4.79 Å². The number of benzene rings is 2. The first-order chi connectivity index (χ1) is 15.9. The summed E-state index contributed by atoms with van der Waals surface area (Å²) in [6, 6.07) is 7.62. The van der Waals surface area contributed by atoms with Gasteiger partial charge in [-0.25, -0.2) is 0 Å². The highest BCUT2D eigenvalue weighted by atomic mass is 35.5. The van der Waals surface area contributed by atoms with Gasteiger partial charge in [0.05, 0.1) is 15.6 Å². The topological polar surface area (TPSA) is 125 Å². The maximum atomic E-state index is 12.8. The maximum absolute atomic E-state index is 12.8. The Morgan fingerprint density at radius 3 is 2.58 bits per heavy atom. The molecule has 1 aliphatic rings. The summed E-state index contributed by atoms with van der Waals surface area (Å²) in [6.07, 6.45) is 5.82. The van der Waals surface area contributed by atoms with Gasteiger partial charge in [0.25, 0.3) is 11.9 Å². The van der Waals surface area contributed by atoms with Crippen molar-refractivity contribution in [3.05, 3.63) is 45.9 Å². The Balaban J connectivity index is 1.48. The molecular weight excluding hydrogens is 467 g/mol. The molecule has 0 saturated heterocycles. The molecule has 3 aromatic rings. The number of carbonyl (C=O) groups is 1. The van der Waals surface area contributed by atoms with Gasteiger partial charge in [0.2, 0.25) is 0 Å². The van der Waals surface area contributed by atoms with Crippen LogP contribution < -0.4 is 15.4 Å². The first kappa shape index (κ1) is 23.1. The molecule has 9 nitrogen and oxygen atoms in total. The second-order valence-corrected chi connectivity index (χ2v) is 8.89. The fourth-order valence-corrected chi connectivity index (χ4v) is 4.55. The standard InChI is InChI=1S/C22H24Cl2N6O3/c1-12(13-5-3-2-4-6-13)25-21(32)16-11-15(7-8-19(16)31)33-20-17(23)9-14(10-18(20)24)26-22-27-29-30-28-22/h7-13,31H,2-6H2,1H3,(H,25,32)(H2,26,27,28,29,30). The van der Waals surface area contributed by atoms with E-state index in [1.54, 1.807) is 12.1 Å². The van der Waals surface area contributed by atoms with Crippen LogP contribution in [0, 0.1) is 5.92 Å². The average molecular weight is 491 g/mol. The lowest BCUT2D eigenvalue weighted by Gasteiger charge is -2.28. The number of tetrazole rings is 1. The van der Waals surface area contributed by atoms with Crippen LogP contribution in [0.2, 0.25) is 10.0 Å². The van der Waals surface area contributed by atoms with Crippen LogP contribution in [0.15, 0.2) is 30.3 Å². The summed E-state index contributed by atoms with van der Waals surface area (Å²) in [4.78, 5) is 12.8. The molecule has 4 rings (SSSR count). The van der Waals surface area contributed by atoms with E-state index < -0.39 is 0 Å². The number of aromatic nitrogens is 4. The van der Waals surface area contributed by atoms with E-state index in [-0.39, 0.29) is 45.0 Å². The zero-order chi connectivity index (χ0) is 23.4. The molecule has 0 radical (unpaired) electrons. The Bertz CT molecular complexity index is 1100. The van der Waals surface area contributed by atoms with E-state index in [1.807, 2.05) is 6.92 Å².